The summed E-state index contributed by atoms with van der Waals surface area (Å²) in [6.07, 6.45) is 0.508. The van der Waals surface area contributed by atoms with Crippen molar-refractivity contribution in [2.45, 2.75) is 13.3 Å². The molecule has 1 rings (SSSR count). The fourth-order valence-corrected chi connectivity index (χ4v) is 1.60. The molecule has 110 valence electrons. The van der Waals surface area contributed by atoms with Gasteiger partial charge in [-0.1, -0.05) is 6.92 Å². The molecule has 0 aromatic heterocycles. The number of halogens is 3. The molecule has 0 N–H and O–H groups in total. The van der Waals surface area contributed by atoms with Crippen LogP contribution in [0.1, 0.15) is 23.7 Å². The van der Waals surface area contributed by atoms with Gasteiger partial charge in [0.2, 0.25) is 0 Å². The normalized spacial score (nSPS) is 10.2. The van der Waals surface area contributed by atoms with Crippen LogP contribution in [0.2, 0.25) is 0 Å². The second-order valence-electron chi connectivity index (χ2n) is 4.03. The maximum Gasteiger partial charge on any atom is 0.325 e. The summed E-state index contributed by atoms with van der Waals surface area (Å²) in [6, 6.07) is 1.50. The minimum Gasteiger partial charge on any atom is -0.468 e. The fourth-order valence-electron chi connectivity index (χ4n) is 1.60. The lowest BCUT2D eigenvalue weighted by atomic mass is 10.1. The number of hydrogen-bond donors (Lipinski definition) is 0. The topological polar surface area (TPSA) is 46.6 Å². The molecule has 0 aliphatic carbocycles. The van der Waals surface area contributed by atoms with Gasteiger partial charge in [0.05, 0.1) is 12.7 Å². The molecule has 0 spiro atoms. The van der Waals surface area contributed by atoms with Crippen LogP contribution >= 0.6 is 0 Å². The van der Waals surface area contributed by atoms with E-state index in [4.69, 9.17) is 0 Å². The SMILES string of the molecule is CCCN(CC(=O)OC)C(=O)c1ccc(F)c(F)c1F. The van der Waals surface area contributed by atoms with Crippen LogP contribution in [0, 0.1) is 17.5 Å². The van der Waals surface area contributed by atoms with Crippen molar-refractivity contribution >= 4 is 11.9 Å². The molecule has 0 radical (unpaired) electrons. The Morgan fingerprint density at radius 2 is 1.85 bits per heavy atom. The van der Waals surface area contributed by atoms with Crippen molar-refractivity contribution in [2.24, 2.45) is 0 Å². The van der Waals surface area contributed by atoms with Crippen molar-refractivity contribution in [3.63, 3.8) is 0 Å². The summed E-state index contributed by atoms with van der Waals surface area (Å²) in [5.74, 6) is -6.25. The van der Waals surface area contributed by atoms with E-state index in [9.17, 15) is 22.8 Å². The van der Waals surface area contributed by atoms with Crippen molar-refractivity contribution in [1.29, 1.82) is 0 Å². The van der Waals surface area contributed by atoms with Gasteiger partial charge in [0.25, 0.3) is 5.91 Å². The summed E-state index contributed by atoms with van der Waals surface area (Å²) in [6.45, 7) is 1.52. The quantitative estimate of drug-likeness (QED) is 0.616. The van der Waals surface area contributed by atoms with Crippen LogP contribution in [0.3, 0.4) is 0 Å². The predicted octanol–water partition coefficient (Wildman–Crippen LogP) is 2.13. The Balaban J connectivity index is 3.06. The molecule has 0 atom stereocenters. The second-order valence-corrected chi connectivity index (χ2v) is 4.03. The standard InChI is InChI=1S/C13H14F3NO3/c1-3-6-17(7-10(18)20-2)13(19)8-4-5-9(14)12(16)11(8)15/h4-5H,3,6-7H2,1-2H3. The van der Waals surface area contributed by atoms with Crippen LogP contribution in [0.15, 0.2) is 12.1 Å². The van der Waals surface area contributed by atoms with Crippen LogP contribution in [0.5, 0.6) is 0 Å². The summed E-state index contributed by atoms with van der Waals surface area (Å²) in [5, 5.41) is 0. The molecule has 0 fully saturated rings. The fraction of sp³-hybridized carbons (Fsp3) is 0.385. The van der Waals surface area contributed by atoms with Gasteiger partial charge in [-0.3, -0.25) is 9.59 Å². The summed E-state index contributed by atoms with van der Waals surface area (Å²) in [5.41, 5.74) is -0.624. The number of amides is 1. The highest BCUT2D eigenvalue weighted by molar-refractivity contribution is 5.96. The molecule has 0 unspecified atom stereocenters. The van der Waals surface area contributed by atoms with E-state index < -0.39 is 34.9 Å². The Morgan fingerprint density at radius 3 is 2.40 bits per heavy atom. The zero-order valence-electron chi connectivity index (χ0n) is 11.1. The van der Waals surface area contributed by atoms with E-state index in [-0.39, 0.29) is 13.1 Å². The summed E-state index contributed by atoms with van der Waals surface area (Å²) >= 11 is 0. The van der Waals surface area contributed by atoms with Crippen molar-refractivity contribution in [3.8, 4) is 0 Å². The molecule has 0 heterocycles. The number of benzene rings is 1. The van der Waals surface area contributed by atoms with E-state index in [0.717, 1.165) is 18.1 Å². The number of carbonyl (C=O) groups is 2. The highest BCUT2D eigenvalue weighted by Crippen LogP contribution is 2.17. The number of esters is 1. The molecule has 0 aliphatic rings. The third-order valence-electron chi connectivity index (χ3n) is 2.59. The lowest BCUT2D eigenvalue weighted by molar-refractivity contribution is -0.141. The van der Waals surface area contributed by atoms with Crippen LogP contribution in [0.25, 0.3) is 0 Å². The van der Waals surface area contributed by atoms with Crippen LogP contribution in [-0.4, -0.2) is 37.0 Å². The van der Waals surface area contributed by atoms with E-state index >= 15 is 0 Å². The van der Waals surface area contributed by atoms with E-state index in [1.54, 1.807) is 6.92 Å². The molecular weight excluding hydrogens is 275 g/mol. The van der Waals surface area contributed by atoms with E-state index in [0.29, 0.717) is 12.5 Å². The molecule has 0 saturated carbocycles. The maximum atomic E-state index is 13.6. The number of ether oxygens (including phenoxy) is 1. The molecule has 4 nitrogen and oxygen atoms in total. The summed E-state index contributed by atoms with van der Waals surface area (Å²) in [4.78, 5) is 24.3. The van der Waals surface area contributed by atoms with E-state index in [1.165, 1.54) is 0 Å². The molecular formula is C13H14F3NO3. The molecule has 1 aromatic rings. The minimum atomic E-state index is -1.72. The van der Waals surface area contributed by atoms with Gasteiger partial charge >= 0.3 is 5.97 Å². The Morgan fingerprint density at radius 1 is 1.20 bits per heavy atom. The number of nitrogens with zero attached hydrogens (tertiary/aromatic N) is 1. The Hall–Kier alpha value is -2.05. The second kappa shape index (κ2) is 6.93. The molecule has 20 heavy (non-hydrogen) atoms. The van der Waals surface area contributed by atoms with Crippen molar-refractivity contribution in [3.05, 3.63) is 35.1 Å². The zero-order chi connectivity index (χ0) is 15.3. The van der Waals surface area contributed by atoms with Gasteiger partial charge in [-0.15, -0.1) is 0 Å². The Labute approximate surface area is 114 Å². The van der Waals surface area contributed by atoms with Crippen molar-refractivity contribution in [2.75, 3.05) is 20.2 Å². The highest BCUT2D eigenvalue weighted by Gasteiger charge is 2.24. The first kappa shape index (κ1) is 16.0. The summed E-state index contributed by atoms with van der Waals surface area (Å²) in [7, 11) is 1.15. The monoisotopic (exact) mass is 289 g/mol. The van der Waals surface area contributed by atoms with E-state index in [1.807, 2.05) is 0 Å². The number of carbonyl (C=O) groups excluding carboxylic acids is 2. The molecule has 1 amide bonds. The predicted molar refractivity (Wildman–Crippen MR) is 64.5 cm³/mol. The Kier molecular flexibility index (Phi) is 5.54. The average Bonchev–Trinajstić information content (AvgIpc) is 2.43. The van der Waals surface area contributed by atoms with Crippen LogP contribution in [0.4, 0.5) is 13.2 Å². The zero-order valence-corrected chi connectivity index (χ0v) is 11.1. The molecule has 0 bridgehead atoms. The number of hydrogen-bond acceptors (Lipinski definition) is 3. The van der Waals surface area contributed by atoms with Gasteiger partial charge in [-0.2, -0.15) is 0 Å². The summed E-state index contributed by atoms with van der Waals surface area (Å²) < 4.78 is 43.9. The van der Waals surface area contributed by atoms with Gasteiger partial charge in [0.1, 0.15) is 6.54 Å². The lowest BCUT2D eigenvalue weighted by Gasteiger charge is -2.21. The van der Waals surface area contributed by atoms with Gasteiger partial charge in [0.15, 0.2) is 17.5 Å². The van der Waals surface area contributed by atoms with Crippen molar-refractivity contribution in [1.82, 2.24) is 4.90 Å². The smallest absolute Gasteiger partial charge is 0.325 e. The lowest BCUT2D eigenvalue weighted by Crippen LogP contribution is -2.37. The largest absolute Gasteiger partial charge is 0.468 e. The minimum absolute atomic E-state index is 0.159. The molecule has 0 saturated heterocycles. The Bertz CT molecular complexity index is 520. The van der Waals surface area contributed by atoms with Crippen LogP contribution in [-0.2, 0) is 9.53 Å². The van der Waals surface area contributed by atoms with E-state index in [2.05, 4.69) is 4.74 Å². The number of methoxy groups -OCH3 is 1. The van der Waals surface area contributed by atoms with Crippen molar-refractivity contribution < 1.29 is 27.5 Å². The highest BCUT2D eigenvalue weighted by atomic mass is 19.2. The average molecular weight is 289 g/mol. The number of rotatable bonds is 5. The van der Waals surface area contributed by atoms with Gasteiger partial charge < -0.3 is 9.64 Å². The van der Waals surface area contributed by atoms with Gasteiger partial charge in [-0.25, -0.2) is 13.2 Å². The van der Waals surface area contributed by atoms with Gasteiger partial charge in [0, 0.05) is 6.54 Å². The third kappa shape index (κ3) is 3.49. The van der Waals surface area contributed by atoms with Crippen LogP contribution < -0.4 is 0 Å². The first-order chi connectivity index (χ1) is 9.42. The maximum absolute atomic E-state index is 13.6. The first-order valence-corrected chi connectivity index (χ1v) is 5.91. The first-order valence-electron chi connectivity index (χ1n) is 5.91. The third-order valence-corrected chi connectivity index (χ3v) is 2.59. The molecule has 1 aromatic carbocycles. The molecule has 0 aliphatic heterocycles. The molecule has 7 heteroatoms. The van der Waals surface area contributed by atoms with Gasteiger partial charge in [-0.05, 0) is 18.6 Å².